The number of carbonyl (C=O) groups excluding carboxylic acids is 1. The lowest BCUT2D eigenvalue weighted by atomic mass is 10.1. The SMILES string of the molecule is Cc1nc(C)c(-c2csc(Nc3ccc(C(=O)N4C5CCC4CN(c4ncc(C(=O)O)cn4)C5)cn3)n2)s1. The van der Waals surface area contributed by atoms with Gasteiger partial charge in [-0.05, 0) is 38.8 Å². The first-order chi connectivity index (χ1) is 18.4. The van der Waals surface area contributed by atoms with Gasteiger partial charge in [0.15, 0.2) is 5.13 Å². The number of carboxylic acid groups (broad SMARTS) is 1. The quantitative estimate of drug-likeness (QED) is 0.364. The highest BCUT2D eigenvalue weighted by Crippen LogP contribution is 2.34. The van der Waals surface area contributed by atoms with E-state index in [1.165, 1.54) is 23.7 Å². The van der Waals surface area contributed by atoms with Crippen LogP contribution in [-0.2, 0) is 0 Å². The van der Waals surface area contributed by atoms with Crippen molar-refractivity contribution in [2.24, 2.45) is 0 Å². The van der Waals surface area contributed by atoms with Crippen LogP contribution < -0.4 is 10.2 Å². The van der Waals surface area contributed by atoms with Crippen LogP contribution in [0.4, 0.5) is 16.9 Å². The summed E-state index contributed by atoms with van der Waals surface area (Å²) in [5.41, 5.74) is 2.46. The zero-order chi connectivity index (χ0) is 26.4. The molecular formula is C25H24N8O3S2. The Balaban J connectivity index is 1.11. The largest absolute Gasteiger partial charge is 0.478 e. The number of nitrogens with zero attached hydrogens (tertiary/aromatic N) is 7. The Labute approximate surface area is 226 Å². The molecule has 194 valence electrons. The second-order valence-corrected chi connectivity index (χ2v) is 11.4. The monoisotopic (exact) mass is 548 g/mol. The van der Waals surface area contributed by atoms with Crippen LogP contribution in [0.3, 0.4) is 0 Å². The van der Waals surface area contributed by atoms with E-state index in [4.69, 9.17) is 5.11 Å². The van der Waals surface area contributed by atoms with Crippen LogP contribution in [0.25, 0.3) is 10.6 Å². The summed E-state index contributed by atoms with van der Waals surface area (Å²) in [6, 6.07) is 3.67. The van der Waals surface area contributed by atoms with E-state index < -0.39 is 5.97 Å². The summed E-state index contributed by atoms with van der Waals surface area (Å²) in [7, 11) is 0. The maximum Gasteiger partial charge on any atom is 0.338 e. The summed E-state index contributed by atoms with van der Waals surface area (Å²) in [4.78, 5) is 51.6. The van der Waals surface area contributed by atoms with Gasteiger partial charge in [-0.25, -0.2) is 29.7 Å². The summed E-state index contributed by atoms with van der Waals surface area (Å²) >= 11 is 3.12. The molecule has 11 nitrogen and oxygen atoms in total. The first kappa shape index (κ1) is 24.4. The van der Waals surface area contributed by atoms with Gasteiger partial charge >= 0.3 is 5.97 Å². The predicted molar refractivity (Wildman–Crippen MR) is 144 cm³/mol. The van der Waals surface area contributed by atoms with E-state index in [0.717, 1.165) is 39.2 Å². The van der Waals surface area contributed by atoms with Crippen molar-refractivity contribution in [3.8, 4) is 10.6 Å². The molecule has 6 heterocycles. The number of thiazole rings is 2. The molecule has 0 aliphatic carbocycles. The highest BCUT2D eigenvalue weighted by molar-refractivity contribution is 7.16. The van der Waals surface area contributed by atoms with Gasteiger partial charge in [0.1, 0.15) is 5.82 Å². The molecule has 6 rings (SSSR count). The number of aromatic nitrogens is 5. The van der Waals surface area contributed by atoms with Crippen LogP contribution in [0, 0.1) is 13.8 Å². The number of carboxylic acids is 1. The van der Waals surface area contributed by atoms with E-state index in [2.05, 4.69) is 30.2 Å². The molecule has 38 heavy (non-hydrogen) atoms. The third kappa shape index (κ3) is 4.58. The number of amides is 1. The average Bonchev–Trinajstić information content (AvgIpc) is 3.58. The Hall–Kier alpha value is -3.97. The zero-order valence-corrected chi connectivity index (χ0v) is 22.3. The van der Waals surface area contributed by atoms with Gasteiger partial charge in [-0.15, -0.1) is 22.7 Å². The minimum absolute atomic E-state index is 0.0362. The summed E-state index contributed by atoms with van der Waals surface area (Å²) in [5, 5.41) is 16.0. The molecule has 2 bridgehead atoms. The zero-order valence-electron chi connectivity index (χ0n) is 20.7. The van der Waals surface area contributed by atoms with Crippen molar-refractivity contribution in [1.29, 1.82) is 0 Å². The fraction of sp³-hybridized carbons (Fsp3) is 0.320. The number of aromatic carboxylic acids is 1. The molecule has 4 aromatic rings. The van der Waals surface area contributed by atoms with Crippen LogP contribution in [0.1, 0.15) is 44.3 Å². The molecule has 4 aromatic heterocycles. The van der Waals surface area contributed by atoms with E-state index >= 15 is 0 Å². The summed E-state index contributed by atoms with van der Waals surface area (Å²) < 4.78 is 0. The number of nitrogens with one attached hydrogen (secondary N) is 1. The number of carbonyl (C=O) groups is 2. The average molecular weight is 549 g/mol. The van der Waals surface area contributed by atoms with Gasteiger partial charge < -0.3 is 20.2 Å². The molecule has 1 amide bonds. The van der Waals surface area contributed by atoms with Crippen LogP contribution in [0.15, 0.2) is 36.1 Å². The fourth-order valence-electron chi connectivity index (χ4n) is 5.05. The fourth-order valence-corrected chi connectivity index (χ4v) is 6.71. The van der Waals surface area contributed by atoms with E-state index in [1.807, 2.05) is 29.0 Å². The van der Waals surface area contributed by atoms with E-state index in [1.54, 1.807) is 29.7 Å². The first-order valence-electron chi connectivity index (χ1n) is 12.1. The second kappa shape index (κ2) is 9.72. The Morgan fingerprint density at radius 1 is 1.00 bits per heavy atom. The molecular weight excluding hydrogens is 524 g/mol. The number of rotatable bonds is 6. The summed E-state index contributed by atoms with van der Waals surface area (Å²) in [6.45, 7) is 5.18. The van der Waals surface area contributed by atoms with Gasteiger partial charge in [-0.3, -0.25) is 4.79 Å². The minimum Gasteiger partial charge on any atom is -0.478 e. The third-order valence-corrected chi connectivity index (χ3v) is 8.62. The van der Waals surface area contributed by atoms with Gasteiger partial charge in [0, 0.05) is 37.1 Å². The molecule has 2 N–H and O–H groups in total. The first-order valence-corrected chi connectivity index (χ1v) is 13.8. The van der Waals surface area contributed by atoms with Crippen molar-refractivity contribution < 1.29 is 14.7 Å². The number of hydrogen-bond acceptors (Lipinski definition) is 11. The molecule has 0 radical (unpaired) electrons. The molecule has 0 aromatic carbocycles. The molecule has 2 unspecified atom stereocenters. The van der Waals surface area contributed by atoms with Crippen molar-refractivity contribution >= 4 is 51.4 Å². The lowest BCUT2D eigenvalue weighted by molar-refractivity contribution is 0.0638. The predicted octanol–water partition coefficient (Wildman–Crippen LogP) is 4.00. The molecule has 2 aliphatic heterocycles. The normalized spacial score (nSPS) is 18.6. The molecule has 0 saturated carbocycles. The smallest absolute Gasteiger partial charge is 0.338 e. The van der Waals surface area contributed by atoms with Crippen LogP contribution >= 0.6 is 22.7 Å². The molecule has 2 aliphatic rings. The van der Waals surface area contributed by atoms with Gasteiger partial charge in [-0.2, -0.15) is 0 Å². The van der Waals surface area contributed by atoms with Crippen LogP contribution in [-0.4, -0.2) is 72.0 Å². The topological polar surface area (TPSA) is 137 Å². The number of piperazine rings is 1. The van der Waals surface area contributed by atoms with E-state index in [9.17, 15) is 9.59 Å². The third-order valence-electron chi connectivity index (χ3n) is 6.77. The van der Waals surface area contributed by atoms with Gasteiger partial charge in [0.2, 0.25) is 5.95 Å². The van der Waals surface area contributed by atoms with Crippen molar-refractivity contribution in [3.63, 3.8) is 0 Å². The highest BCUT2D eigenvalue weighted by Gasteiger charge is 2.43. The molecule has 2 saturated heterocycles. The van der Waals surface area contributed by atoms with Crippen molar-refractivity contribution in [2.75, 3.05) is 23.3 Å². The molecule has 2 atom stereocenters. The highest BCUT2D eigenvalue weighted by atomic mass is 32.1. The molecule has 2 fully saturated rings. The number of hydrogen-bond donors (Lipinski definition) is 2. The van der Waals surface area contributed by atoms with Crippen LogP contribution in [0.5, 0.6) is 0 Å². The van der Waals surface area contributed by atoms with Gasteiger partial charge in [-0.1, -0.05) is 0 Å². The number of pyridine rings is 1. The molecule has 13 heteroatoms. The summed E-state index contributed by atoms with van der Waals surface area (Å²) in [6.07, 6.45) is 6.05. The Kier molecular flexibility index (Phi) is 6.24. The Morgan fingerprint density at radius 2 is 1.71 bits per heavy atom. The lowest BCUT2D eigenvalue weighted by Gasteiger charge is -2.41. The summed E-state index contributed by atoms with van der Waals surface area (Å²) in [5.74, 6) is 0.0155. The molecule has 0 spiro atoms. The number of fused-ring (bicyclic) bond motifs is 2. The number of aryl methyl sites for hydroxylation is 2. The standard InChI is InChI=1S/C25H24N8O3S2/c1-13-21(38-14(2)29-13)19-12-37-25(30-19)31-20-6-3-15(7-26-20)22(34)33-17-4-5-18(33)11-32(10-17)24-27-8-16(9-28-24)23(35)36/h3,6-9,12,17-18H,4-5,10-11H2,1-2H3,(H,35,36)(H,26,30,31). The lowest BCUT2D eigenvalue weighted by Crippen LogP contribution is -2.56. The van der Waals surface area contributed by atoms with Crippen molar-refractivity contribution in [1.82, 2.24) is 29.8 Å². The Bertz CT molecular complexity index is 1490. The van der Waals surface area contributed by atoms with Crippen molar-refractivity contribution in [2.45, 2.75) is 38.8 Å². The van der Waals surface area contributed by atoms with Gasteiger partial charge in [0.05, 0.1) is 44.5 Å². The van der Waals surface area contributed by atoms with Crippen LogP contribution in [0.2, 0.25) is 0 Å². The van der Waals surface area contributed by atoms with E-state index in [-0.39, 0.29) is 23.6 Å². The van der Waals surface area contributed by atoms with Crippen molar-refractivity contribution in [3.05, 3.63) is 57.9 Å². The Morgan fingerprint density at radius 3 is 2.32 bits per heavy atom. The van der Waals surface area contributed by atoms with Gasteiger partial charge in [0.25, 0.3) is 5.91 Å². The maximum absolute atomic E-state index is 13.4. The minimum atomic E-state index is -1.06. The number of anilines is 3. The van der Waals surface area contributed by atoms with E-state index in [0.29, 0.717) is 30.4 Å². The maximum atomic E-state index is 13.4. The second-order valence-electron chi connectivity index (χ2n) is 9.32.